The predicted molar refractivity (Wildman–Crippen MR) is 78.6 cm³/mol. The summed E-state index contributed by atoms with van der Waals surface area (Å²) in [6, 6.07) is 8.44. The fraction of sp³-hybridized carbons (Fsp3) is 0.143. The van der Waals surface area contributed by atoms with Crippen molar-refractivity contribution in [1.29, 1.82) is 0 Å². The second kappa shape index (κ2) is 6.53. The van der Waals surface area contributed by atoms with Gasteiger partial charge in [0.05, 0.1) is 4.92 Å². The Hall–Kier alpha value is -2.15. The first-order valence-corrected chi connectivity index (χ1v) is 7.02. The number of nitro benzene ring substituents is 1. The highest BCUT2D eigenvalue weighted by molar-refractivity contribution is 7.98. The van der Waals surface area contributed by atoms with Crippen LogP contribution in [0, 0.1) is 21.7 Å². The summed E-state index contributed by atoms with van der Waals surface area (Å²) in [6.07, 6.45) is 0. The van der Waals surface area contributed by atoms with Gasteiger partial charge < -0.3 is 5.32 Å². The molecule has 7 heteroatoms. The van der Waals surface area contributed by atoms with Crippen molar-refractivity contribution in [2.24, 2.45) is 0 Å². The second-order valence-corrected chi connectivity index (χ2v) is 5.27. The normalized spacial score (nSPS) is 10.4. The van der Waals surface area contributed by atoms with Crippen molar-refractivity contribution < 1.29 is 13.7 Å². The average molecular weight is 310 g/mol. The van der Waals surface area contributed by atoms with E-state index in [2.05, 4.69) is 5.32 Å². The fourth-order valence-electron chi connectivity index (χ4n) is 1.77. The Kier molecular flexibility index (Phi) is 4.74. The maximum Gasteiger partial charge on any atom is 0.292 e. The van der Waals surface area contributed by atoms with Crippen LogP contribution in [0.3, 0.4) is 0 Å². The van der Waals surface area contributed by atoms with Crippen molar-refractivity contribution in [2.45, 2.75) is 10.6 Å². The number of rotatable bonds is 5. The number of hydrogen-bond donors (Lipinski definition) is 1. The van der Waals surface area contributed by atoms with E-state index in [1.807, 2.05) is 0 Å². The third-order valence-corrected chi connectivity index (χ3v) is 3.89. The third kappa shape index (κ3) is 3.69. The highest BCUT2D eigenvalue weighted by Gasteiger charge is 2.13. The molecule has 0 heterocycles. The molecule has 0 bridgehead atoms. The van der Waals surface area contributed by atoms with Crippen LogP contribution in [-0.2, 0) is 5.75 Å². The van der Waals surface area contributed by atoms with Crippen molar-refractivity contribution in [2.75, 3.05) is 12.4 Å². The van der Waals surface area contributed by atoms with Crippen LogP contribution in [0.15, 0.2) is 41.3 Å². The lowest BCUT2D eigenvalue weighted by molar-refractivity contribution is -0.383. The third-order valence-electron chi connectivity index (χ3n) is 2.82. The number of hydrogen-bond acceptors (Lipinski definition) is 4. The molecular weight excluding hydrogens is 298 g/mol. The largest absolute Gasteiger partial charge is 0.383 e. The van der Waals surface area contributed by atoms with E-state index >= 15 is 0 Å². The molecule has 0 aliphatic heterocycles. The summed E-state index contributed by atoms with van der Waals surface area (Å²) >= 11 is 1.33. The first-order valence-electron chi connectivity index (χ1n) is 6.04. The number of thioether (sulfide) groups is 1. The summed E-state index contributed by atoms with van der Waals surface area (Å²) in [5.41, 5.74) is 1.27. The van der Waals surface area contributed by atoms with Gasteiger partial charge in [0.25, 0.3) is 5.69 Å². The number of nitrogens with one attached hydrogen (secondary N) is 1. The van der Waals surface area contributed by atoms with E-state index in [0.29, 0.717) is 16.3 Å². The molecule has 0 radical (unpaired) electrons. The topological polar surface area (TPSA) is 55.2 Å². The molecule has 2 aromatic carbocycles. The van der Waals surface area contributed by atoms with E-state index in [4.69, 9.17) is 0 Å². The molecule has 0 aromatic heterocycles. The molecule has 4 nitrogen and oxygen atoms in total. The van der Waals surface area contributed by atoms with Crippen LogP contribution < -0.4 is 5.32 Å². The molecule has 0 atom stereocenters. The monoisotopic (exact) mass is 310 g/mol. The van der Waals surface area contributed by atoms with Gasteiger partial charge >= 0.3 is 0 Å². The number of halogens is 2. The molecule has 0 saturated heterocycles. The zero-order chi connectivity index (χ0) is 15.4. The molecule has 0 spiro atoms. The summed E-state index contributed by atoms with van der Waals surface area (Å²) in [7, 11) is 1.61. The van der Waals surface area contributed by atoms with E-state index in [1.165, 1.54) is 23.9 Å². The van der Waals surface area contributed by atoms with Crippen molar-refractivity contribution in [3.05, 3.63) is 63.7 Å². The summed E-state index contributed by atoms with van der Waals surface area (Å²) in [6.45, 7) is 0. The van der Waals surface area contributed by atoms with Crippen molar-refractivity contribution in [3.63, 3.8) is 0 Å². The minimum absolute atomic E-state index is 0.000855. The lowest BCUT2D eigenvalue weighted by Crippen LogP contribution is -1.97. The Morgan fingerprint density at radius 2 is 1.95 bits per heavy atom. The molecule has 0 aliphatic rings. The fourth-order valence-corrected chi connectivity index (χ4v) is 2.63. The quantitative estimate of drug-likeness (QED) is 0.511. The maximum atomic E-state index is 13.1. The van der Waals surface area contributed by atoms with Gasteiger partial charge in [-0.1, -0.05) is 6.07 Å². The maximum absolute atomic E-state index is 13.1. The number of anilines is 1. The summed E-state index contributed by atoms with van der Waals surface area (Å²) in [4.78, 5) is 11.0. The Labute approximate surface area is 124 Å². The van der Waals surface area contributed by atoms with Crippen LogP contribution in [0.4, 0.5) is 20.2 Å². The van der Waals surface area contributed by atoms with Gasteiger partial charge in [-0.2, -0.15) is 0 Å². The Morgan fingerprint density at radius 1 is 1.19 bits per heavy atom. The highest BCUT2D eigenvalue weighted by Crippen LogP contribution is 2.29. The van der Waals surface area contributed by atoms with Crippen LogP contribution in [0.1, 0.15) is 5.56 Å². The molecule has 0 unspecified atom stereocenters. The molecule has 0 fully saturated rings. The Morgan fingerprint density at radius 3 is 2.57 bits per heavy atom. The lowest BCUT2D eigenvalue weighted by atomic mass is 10.2. The molecule has 2 aromatic rings. The smallest absolute Gasteiger partial charge is 0.292 e. The van der Waals surface area contributed by atoms with Gasteiger partial charge in [0, 0.05) is 23.8 Å². The standard InChI is InChI=1S/C14H12F2N2O2S/c1-17-13-6-9(2-5-14(13)18(19)20)8-21-10-3-4-11(15)12(16)7-10/h2-7,17H,8H2,1H3. The number of nitro groups is 1. The molecule has 2 rings (SSSR count). The van der Waals surface area contributed by atoms with Gasteiger partial charge in [0.2, 0.25) is 0 Å². The van der Waals surface area contributed by atoms with Crippen LogP contribution in [-0.4, -0.2) is 12.0 Å². The van der Waals surface area contributed by atoms with Crippen molar-refractivity contribution in [3.8, 4) is 0 Å². The van der Waals surface area contributed by atoms with Gasteiger partial charge in [0.1, 0.15) is 5.69 Å². The molecule has 21 heavy (non-hydrogen) atoms. The van der Waals surface area contributed by atoms with Crippen LogP contribution in [0.5, 0.6) is 0 Å². The van der Waals surface area contributed by atoms with E-state index in [-0.39, 0.29) is 5.69 Å². The van der Waals surface area contributed by atoms with Gasteiger partial charge in [-0.15, -0.1) is 11.8 Å². The summed E-state index contributed by atoms with van der Waals surface area (Å²) in [5.74, 6) is -1.27. The lowest BCUT2D eigenvalue weighted by Gasteiger charge is -2.06. The highest BCUT2D eigenvalue weighted by atomic mass is 32.2. The van der Waals surface area contributed by atoms with Crippen molar-refractivity contribution >= 4 is 23.1 Å². The van der Waals surface area contributed by atoms with Gasteiger partial charge in [-0.25, -0.2) is 8.78 Å². The Balaban J connectivity index is 2.13. The van der Waals surface area contributed by atoms with Gasteiger partial charge in [-0.05, 0) is 29.8 Å². The average Bonchev–Trinajstić information content (AvgIpc) is 2.48. The summed E-state index contributed by atoms with van der Waals surface area (Å²) < 4.78 is 25.9. The SMILES string of the molecule is CNc1cc(CSc2ccc(F)c(F)c2)ccc1[N+](=O)[O-]. The molecule has 0 amide bonds. The van der Waals surface area contributed by atoms with Crippen molar-refractivity contribution in [1.82, 2.24) is 0 Å². The molecule has 0 saturated carbocycles. The number of benzene rings is 2. The Bertz CT molecular complexity index is 680. The van der Waals surface area contributed by atoms with Gasteiger partial charge in [-0.3, -0.25) is 10.1 Å². The molecular formula is C14H12F2N2O2S. The van der Waals surface area contributed by atoms with E-state index in [0.717, 1.165) is 17.7 Å². The van der Waals surface area contributed by atoms with Crippen LogP contribution >= 0.6 is 11.8 Å². The van der Waals surface area contributed by atoms with E-state index in [1.54, 1.807) is 19.2 Å². The van der Waals surface area contributed by atoms with Crippen LogP contribution in [0.2, 0.25) is 0 Å². The minimum Gasteiger partial charge on any atom is -0.383 e. The number of nitrogens with zero attached hydrogens (tertiary/aromatic N) is 1. The molecule has 1 N–H and O–H groups in total. The zero-order valence-corrected chi connectivity index (χ0v) is 11.9. The van der Waals surface area contributed by atoms with Gasteiger partial charge in [0.15, 0.2) is 11.6 Å². The first-order chi connectivity index (χ1) is 10.0. The molecule has 0 aliphatic carbocycles. The van der Waals surface area contributed by atoms with E-state index < -0.39 is 16.6 Å². The summed E-state index contributed by atoms with van der Waals surface area (Å²) in [5, 5.41) is 13.6. The second-order valence-electron chi connectivity index (χ2n) is 4.22. The van der Waals surface area contributed by atoms with E-state index in [9.17, 15) is 18.9 Å². The van der Waals surface area contributed by atoms with Crippen LogP contribution in [0.25, 0.3) is 0 Å². The molecule has 110 valence electrons. The first kappa shape index (κ1) is 15.2. The zero-order valence-electron chi connectivity index (χ0n) is 11.1. The minimum atomic E-state index is -0.889. The predicted octanol–water partition coefficient (Wildman–Crippen LogP) is 4.21.